The van der Waals surface area contributed by atoms with E-state index in [0.717, 1.165) is 24.7 Å². The summed E-state index contributed by atoms with van der Waals surface area (Å²) in [4.78, 5) is 11.0. The number of aryl methyl sites for hydroxylation is 1. The van der Waals surface area contributed by atoms with E-state index in [1.165, 1.54) is 35.6 Å². The quantitative estimate of drug-likeness (QED) is 0.427. The average molecular weight is 349 g/mol. The first kappa shape index (κ1) is 18.9. The largest absolute Gasteiger partial charge is 0.303 e. The van der Waals surface area contributed by atoms with Gasteiger partial charge in [0.25, 0.3) is 0 Å². The predicted octanol–water partition coefficient (Wildman–Crippen LogP) is 3.86. The molecule has 0 unspecified atom stereocenters. The van der Waals surface area contributed by atoms with Gasteiger partial charge < -0.3 is 4.79 Å². The van der Waals surface area contributed by atoms with Crippen LogP contribution in [0.5, 0.6) is 0 Å². The number of sulfonamides is 1. The van der Waals surface area contributed by atoms with E-state index >= 15 is 0 Å². The average Bonchev–Trinajstić information content (AvgIpc) is 2.84. The molecule has 0 spiro atoms. The van der Waals surface area contributed by atoms with Crippen LogP contribution in [-0.2, 0) is 14.8 Å². The first-order chi connectivity index (χ1) is 11.5. The second-order valence-corrected chi connectivity index (χ2v) is 8.35. The van der Waals surface area contributed by atoms with Gasteiger partial charge in [-0.2, -0.15) is 4.31 Å². The van der Waals surface area contributed by atoms with E-state index in [2.05, 4.69) is 6.08 Å². The van der Waals surface area contributed by atoms with Gasteiger partial charge in [-0.1, -0.05) is 42.2 Å². The van der Waals surface area contributed by atoms with Gasteiger partial charge in [-0.15, -0.1) is 0 Å². The molecule has 1 aromatic rings. The van der Waals surface area contributed by atoms with Crippen molar-refractivity contribution in [2.75, 3.05) is 13.1 Å². The Labute approximate surface area is 145 Å². The van der Waals surface area contributed by atoms with Crippen molar-refractivity contribution < 1.29 is 13.2 Å². The van der Waals surface area contributed by atoms with Crippen LogP contribution in [0.1, 0.15) is 50.5 Å². The summed E-state index contributed by atoms with van der Waals surface area (Å²) in [7, 11) is -3.57. The maximum absolute atomic E-state index is 12.9. The Morgan fingerprint density at radius 3 is 2.25 bits per heavy atom. The van der Waals surface area contributed by atoms with E-state index in [9.17, 15) is 13.2 Å². The normalized spacial score (nSPS) is 16.0. The molecule has 4 nitrogen and oxygen atoms in total. The summed E-state index contributed by atoms with van der Waals surface area (Å²) in [5.74, 6) is 0. The number of carbonyl (C=O) groups is 1. The molecule has 1 fully saturated rings. The molecular weight excluding hydrogens is 322 g/mol. The Kier molecular flexibility index (Phi) is 7.18. The van der Waals surface area contributed by atoms with E-state index in [1.54, 1.807) is 24.3 Å². The van der Waals surface area contributed by atoms with E-state index in [-0.39, 0.29) is 13.0 Å². The molecule has 0 heterocycles. The zero-order chi connectivity index (χ0) is 17.4. The van der Waals surface area contributed by atoms with Crippen molar-refractivity contribution in [1.82, 2.24) is 4.31 Å². The third-order valence-electron chi connectivity index (χ3n) is 4.48. The van der Waals surface area contributed by atoms with E-state index in [0.29, 0.717) is 11.4 Å². The molecule has 0 saturated heterocycles. The standard InChI is InChI=1S/C19H27NO3S/c1-17-9-11-19(12-10-17)24(22,23)20(14-6-16-21)15-13-18-7-4-2-3-5-8-18/h9-13,16H,2-8,14-15H2,1H3. The molecule has 1 aromatic carbocycles. The summed E-state index contributed by atoms with van der Waals surface area (Å²) in [6, 6.07) is 6.87. The van der Waals surface area contributed by atoms with Gasteiger partial charge >= 0.3 is 0 Å². The van der Waals surface area contributed by atoms with Crippen molar-refractivity contribution in [3.63, 3.8) is 0 Å². The summed E-state index contributed by atoms with van der Waals surface area (Å²) in [6.45, 7) is 2.50. The topological polar surface area (TPSA) is 54.5 Å². The van der Waals surface area contributed by atoms with Gasteiger partial charge in [0.1, 0.15) is 6.29 Å². The van der Waals surface area contributed by atoms with E-state index in [4.69, 9.17) is 0 Å². The van der Waals surface area contributed by atoms with Gasteiger partial charge in [0, 0.05) is 19.5 Å². The third kappa shape index (κ3) is 5.28. The molecule has 0 aromatic heterocycles. The molecule has 0 atom stereocenters. The van der Waals surface area contributed by atoms with Crippen LogP contribution >= 0.6 is 0 Å². The number of aldehydes is 1. The van der Waals surface area contributed by atoms with Crippen LogP contribution in [-0.4, -0.2) is 32.1 Å². The molecule has 0 bridgehead atoms. The number of carbonyl (C=O) groups excluding carboxylic acids is 1. The summed E-state index contributed by atoms with van der Waals surface area (Å²) >= 11 is 0. The van der Waals surface area contributed by atoms with Gasteiger partial charge in [0.05, 0.1) is 4.90 Å². The Balaban J connectivity index is 2.18. The molecule has 1 aliphatic carbocycles. The highest BCUT2D eigenvalue weighted by atomic mass is 32.2. The second kappa shape index (κ2) is 9.14. The van der Waals surface area contributed by atoms with E-state index < -0.39 is 10.0 Å². The maximum Gasteiger partial charge on any atom is 0.243 e. The fraction of sp³-hybridized carbons (Fsp3) is 0.526. The molecule has 1 aliphatic rings. The van der Waals surface area contributed by atoms with Crippen LogP contribution in [0.2, 0.25) is 0 Å². The Morgan fingerprint density at radius 1 is 1.04 bits per heavy atom. The highest BCUT2D eigenvalue weighted by Crippen LogP contribution is 2.23. The molecule has 0 aliphatic heterocycles. The van der Waals surface area contributed by atoms with Gasteiger partial charge in [-0.3, -0.25) is 0 Å². The molecule has 0 amide bonds. The van der Waals surface area contributed by atoms with Crippen LogP contribution < -0.4 is 0 Å². The summed E-state index contributed by atoms with van der Waals surface area (Å²) in [5, 5.41) is 0. The minimum atomic E-state index is -3.57. The van der Waals surface area contributed by atoms with Crippen molar-refractivity contribution in [3.8, 4) is 0 Å². The lowest BCUT2D eigenvalue weighted by Crippen LogP contribution is -2.32. The number of nitrogens with zero attached hydrogens (tertiary/aromatic N) is 1. The van der Waals surface area contributed by atoms with Crippen molar-refractivity contribution in [3.05, 3.63) is 41.5 Å². The first-order valence-corrected chi connectivity index (χ1v) is 10.2. The molecule has 2 rings (SSSR count). The number of hydrogen-bond acceptors (Lipinski definition) is 3. The molecule has 0 N–H and O–H groups in total. The SMILES string of the molecule is Cc1ccc(S(=O)(=O)N(CC=C2CCCCCC2)CCC=O)cc1. The molecule has 132 valence electrons. The van der Waals surface area contributed by atoms with Crippen molar-refractivity contribution in [1.29, 1.82) is 0 Å². The maximum atomic E-state index is 12.9. The Bertz CT molecular complexity index is 652. The van der Waals surface area contributed by atoms with Crippen LogP contribution in [0.4, 0.5) is 0 Å². The summed E-state index contributed by atoms with van der Waals surface area (Å²) < 4.78 is 27.2. The number of rotatable bonds is 7. The van der Waals surface area contributed by atoms with Gasteiger partial charge in [-0.05, 0) is 44.7 Å². The Morgan fingerprint density at radius 2 is 1.67 bits per heavy atom. The first-order valence-electron chi connectivity index (χ1n) is 8.72. The zero-order valence-corrected chi connectivity index (χ0v) is 15.2. The fourth-order valence-electron chi connectivity index (χ4n) is 2.98. The van der Waals surface area contributed by atoms with Gasteiger partial charge in [0.2, 0.25) is 10.0 Å². The predicted molar refractivity (Wildman–Crippen MR) is 96.4 cm³/mol. The fourth-order valence-corrected chi connectivity index (χ4v) is 4.38. The monoisotopic (exact) mass is 349 g/mol. The van der Waals surface area contributed by atoms with Crippen LogP contribution in [0, 0.1) is 6.92 Å². The highest BCUT2D eigenvalue weighted by molar-refractivity contribution is 7.89. The molecule has 0 radical (unpaired) electrons. The molecule has 1 saturated carbocycles. The summed E-state index contributed by atoms with van der Waals surface area (Å²) in [6.07, 6.45) is 10.1. The van der Waals surface area contributed by atoms with Crippen molar-refractivity contribution in [2.45, 2.75) is 56.8 Å². The lowest BCUT2D eigenvalue weighted by Gasteiger charge is -2.20. The highest BCUT2D eigenvalue weighted by Gasteiger charge is 2.23. The lowest BCUT2D eigenvalue weighted by atomic mass is 10.1. The number of benzene rings is 1. The van der Waals surface area contributed by atoms with Gasteiger partial charge in [0.15, 0.2) is 0 Å². The van der Waals surface area contributed by atoms with Crippen molar-refractivity contribution >= 4 is 16.3 Å². The number of allylic oxidation sites excluding steroid dienone is 1. The third-order valence-corrected chi connectivity index (χ3v) is 6.36. The molecule has 24 heavy (non-hydrogen) atoms. The minimum Gasteiger partial charge on any atom is -0.303 e. The van der Waals surface area contributed by atoms with Crippen LogP contribution in [0.15, 0.2) is 40.8 Å². The number of hydrogen-bond donors (Lipinski definition) is 0. The smallest absolute Gasteiger partial charge is 0.243 e. The Hall–Kier alpha value is -1.46. The lowest BCUT2D eigenvalue weighted by molar-refractivity contribution is -0.107. The molecular formula is C19H27NO3S. The van der Waals surface area contributed by atoms with Crippen LogP contribution in [0.3, 0.4) is 0 Å². The summed E-state index contributed by atoms with van der Waals surface area (Å²) in [5.41, 5.74) is 2.37. The zero-order valence-electron chi connectivity index (χ0n) is 14.4. The van der Waals surface area contributed by atoms with Crippen molar-refractivity contribution in [2.24, 2.45) is 0 Å². The second-order valence-electron chi connectivity index (χ2n) is 6.41. The minimum absolute atomic E-state index is 0.217. The molecule has 5 heteroatoms. The van der Waals surface area contributed by atoms with E-state index in [1.807, 2.05) is 6.92 Å². The van der Waals surface area contributed by atoms with Crippen LogP contribution in [0.25, 0.3) is 0 Å². The van der Waals surface area contributed by atoms with Gasteiger partial charge in [-0.25, -0.2) is 8.42 Å².